The lowest BCUT2D eigenvalue weighted by atomic mass is 10.2. The lowest BCUT2D eigenvalue weighted by Crippen LogP contribution is -2.05. The molecule has 0 amide bonds. The highest BCUT2D eigenvalue weighted by Gasteiger charge is 2.08. The molecular weight excluding hydrogens is 254 g/mol. The van der Waals surface area contributed by atoms with Crippen molar-refractivity contribution in [2.75, 3.05) is 0 Å². The summed E-state index contributed by atoms with van der Waals surface area (Å²) < 4.78 is 10.5. The van der Waals surface area contributed by atoms with Crippen LogP contribution in [0.2, 0.25) is 5.02 Å². The molecule has 0 aliphatic heterocycles. The molecule has 4 nitrogen and oxygen atoms in total. The zero-order chi connectivity index (χ0) is 13.1. The van der Waals surface area contributed by atoms with E-state index in [-0.39, 0.29) is 12.0 Å². The van der Waals surface area contributed by atoms with Crippen LogP contribution in [0.1, 0.15) is 13.8 Å². The summed E-state index contributed by atoms with van der Waals surface area (Å²) in [5.41, 5.74) is 0.187. The predicted molar refractivity (Wildman–Crippen MR) is 69.0 cm³/mol. The molecule has 18 heavy (non-hydrogen) atoms. The van der Waals surface area contributed by atoms with Crippen molar-refractivity contribution in [3.05, 3.63) is 45.9 Å². The van der Waals surface area contributed by atoms with Crippen LogP contribution in [-0.4, -0.2) is 11.1 Å². The number of hydrogen-bond donors (Lipinski definition) is 0. The van der Waals surface area contributed by atoms with Crippen molar-refractivity contribution >= 4 is 11.6 Å². The van der Waals surface area contributed by atoms with Crippen LogP contribution in [0.5, 0.6) is 5.75 Å². The van der Waals surface area contributed by atoms with Gasteiger partial charge in [0.2, 0.25) is 5.89 Å². The summed E-state index contributed by atoms with van der Waals surface area (Å²) in [7, 11) is 0. The Labute approximate surface area is 109 Å². The first kappa shape index (κ1) is 12.6. The fraction of sp³-hybridized carbons (Fsp3) is 0.231. The van der Waals surface area contributed by atoms with E-state index in [4.69, 9.17) is 20.8 Å². The molecule has 5 heteroatoms. The number of benzene rings is 1. The van der Waals surface area contributed by atoms with Crippen LogP contribution in [0.4, 0.5) is 0 Å². The lowest BCUT2D eigenvalue weighted by Gasteiger charge is -2.11. The van der Waals surface area contributed by atoms with Crippen LogP contribution >= 0.6 is 11.6 Å². The van der Waals surface area contributed by atoms with Crippen LogP contribution in [0.25, 0.3) is 11.5 Å². The topological polar surface area (TPSA) is 52.3 Å². The Morgan fingerprint density at radius 3 is 2.72 bits per heavy atom. The van der Waals surface area contributed by atoms with E-state index < -0.39 is 5.63 Å². The summed E-state index contributed by atoms with van der Waals surface area (Å²) >= 11 is 6.09. The fourth-order valence-corrected chi connectivity index (χ4v) is 1.66. The van der Waals surface area contributed by atoms with Gasteiger partial charge in [0.1, 0.15) is 5.75 Å². The summed E-state index contributed by atoms with van der Waals surface area (Å²) in [6, 6.07) is 6.38. The van der Waals surface area contributed by atoms with Crippen molar-refractivity contribution in [3.63, 3.8) is 0 Å². The van der Waals surface area contributed by atoms with E-state index in [1.165, 1.54) is 12.3 Å². The van der Waals surface area contributed by atoms with Crippen molar-refractivity contribution in [2.45, 2.75) is 20.0 Å². The number of rotatable bonds is 3. The first-order valence-electron chi connectivity index (χ1n) is 5.49. The molecule has 0 aliphatic carbocycles. The second-order valence-electron chi connectivity index (χ2n) is 3.98. The maximum atomic E-state index is 11.1. The van der Waals surface area contributed by atoms with Crippen LogP contribution in [0.3, 0.4) is 0 Å². The summed E-state index contributed by atoms with van der Waals surface area (Å²) in [4.78, 5) is 15.1. The molecule has 0 N–H and O–H groups in total. The smallest absolute Gasteiger partial charge is 0.339 e. The molecule has 0 unspecified atom stereocenters. The first-order chi connectivity index (χ1) is 8.56. The number of aromatic nitrogens is 1. The number of ether oxygens (including phenoxy) is 1. The SMILES string of the molecule is CC(C)Oc1ccc(-c2nccc(=O)o2)cc1Cl. The highest BCUT2D eigenvalue weighted by atomic mass is 35.5. The van der Waals surface area contributed by atoms with Gasteiger partial charge in [0, 0.05) is 17.8 Å². The molecule has 1 aromatic heterocycles. The molecule has 1 aromatic carbocycles. The third-order valence-electron chi connectivity index (χ3n) is 2.14. The largest absolute Gasteiger partial charge is 0.489 e. The van der Waals surface area contributed by atoms with E-state index in [1.807, 2.05) is 13.8 Å². The van der Waals surface area contributed by atoms with Gasteiger partial charge < -0.3 is 9.15 Å². The maximum absolute atomic E-state index is 11.1. The minimum Gasteiger partial charge on any atom is -0.489 e. The van der Waals surface area contributed by atoms with Gasteiger partial charge in [-0.05, 0) is 32.0 Å². The van der Waals surface area contributed by atoms with Gasteiger partial charge in [-0.25, -0.2) is 9.78 Å². The number of halogens is 1. The number of hydrogen-bond acceptors (Lipinski definition) is 4. The summed E-state index contributed by atoms with van der Waals surface area (Å²) in [5.74, 6) is 0.828. The van der Waals surface area contributed by atoms with Gasteiger partial charge in [-0.15, -0.1) is 0 Å². The Kier molecular flexibility index (Phi) is 3.67. The van der Waals surface area contributed by atoms with Gasteiger partial charge in [-0.3, -0.25) is 0 Å². The van der Waals surface area contributed by atoms with Crippen LogP contribution in [-0.2, 0) is 0 Å². The lowest BCUT2D eigenvalue weighted by molar-refractivity contribution is 0.242. The van der Waals surface area contributed by atoms with Gasteiger partial charge in [-0.2, -0.15) is 0 Å². The second kappa shape index (κ2) is 5.23. The van der Waals surface area contributed by atoms with E-state index in [0.717, 1.165) is 0 Å². The van der Waals surface area contributed by atoms with Gasteiger partial charge in [0.15, 0.2) is 0 Å². The summed E-state index contributed by atoms with van der Waals surface area (Å²) in [5, 5.41) is 0.453. The van der Waals surface area contributed by atoms with E-state index >= 15 is 0 Å². The molecule has 0 fully saturated rings. The molecule has 0 saturated heterocycles. The van der Waals surface area contributed by atoms with Gasteiger partial charge >= 0.3 is 5.63 Å². The average molecular weight is 266 g/mol. The minimum atomic E-state index is -0.446. The average Bonchev–Trinajstić information content (AvgIpc) is 2.31. The normalized spacial score (nSPS) is 10.7. The minimum absolute atomic E-state index is 0.0427. The third kappa shape index (κ3) is 2.90. The Bertz CT molecular complexity index is 607. The molecule has 2 aromatic rings. The van der Waals surface area contributed by atoms with Crippen LogP contribution < -0.4 is 10.4 Å². The number of nitrogens with zero attached hydrogens (tertiary/aromatic N) is 1. The zero-order valence-electron chi connectivity index (χ0n) is 10.0. The van der Waals surface area contributed by atoms with Crippen LogP contribution in [0.15, 0.2) is 39.7 Å². The molecule has 0 saturated carbocycles. The zero-order valence-corrected chi connectivity index (χ0v) is 10.8. The monoisotopic (exact) mass is 265 g/mol. The molecule has 0 atom stereocenters. The maximum Gasteiger partial charge on any atom is 0.339 e. The van der Waals surface area contributed by atoms with E-state index in [0.29, 0.717) is 16.3 Å². The molecule has 0 aliphatic rings. The Morgan fingerprint density at radius 1 is 1.33 bits per heavy atom. The predicted octanol–water partition coefficient (Wildman–Crippen LogP) is 3.14. The van der Waals surface area contributed by atoms with Crippen molar-refractivity contribution in [1.82, 2.24) is 4.98 Å². The van der Waals surface area contributed by atoms with Gasteiger partial charge in [0.05, 0.1) is 11.1 Å². The summed E-state index contributed by atoms with van der Waals surface area (Å²) in [6.45, 7) is 3.84. The highest BCUT2D eigenvalue weighted by molar-refractivity contribution is 6.32. The summed E-state index contributed by atoms with van der Waals surface area (Å²) in [6.07, 6.45) is 1.44. The van der Waals surface area contributed by atoms with Crippen LogP contribution in [0, 0.1) is 0 Å². The van der Waals surface area contributed by atoms with Crippen molar-refractivity contribution in [3.8, 4) is 17.2 Å². The standard InChI is InChI=1S/C13H12ClNO3/c1-8(2)17-11-4-3-9(7-10(11)14)13-15-6-5-12(16)18-13/h3-8H,1-2H3. The Balaban J connectivity index is 2.37. The van der Waals surface area contributed by atoms with Crippen molar-refractivity contribution in [2.24, 2.45) is 0 Å². The fourth-order valence-electron chi connectivity index (χ4n) is 1.44. The van der Waals surface area contributed by atoms with E-state index in [1.54, 1.807) is 18.2 Å². The van der Waals surface area contributed by atoms with E-state index in [2.05, 4.69) is 4.98 Å². The molecule has 2 rings (SSSR count). The van der Waals surface area contributed by atoms with Gasteiger partial charge in [0.25, 0.3) is 0 Å². The third-order valence-corrected chi connectivity index (χ3v) is 2.44. The Morgan fingerprint density at radius 2 is 2.11 bits per heavy atom. The first-order valence-corrected chi connectivity index (χ1v) is 5.87. The van der Waals surface area contributed by atoms with Crippen molar-refractivity contribution < 1.29 is 9.15 Å². The quantitative estimate of drug-likeness (QED) is 0.855. The molecule has 0 spiro atoms. The molecule has 1 heterocycles. The highest BCUT2D eigenvalue weighted by Crippen LogP contribution is 2.29. The molecule has 0 radical (unpaired) electrons. The molecular formula is C13H12ClNO3. The van der Waals surface area contributed by atoms with E-state index in [9.17, 15) is 4.79 Å². The molecule has 94 valence electrons. The van der Waals surface area contributed by atoms with Crippen molar-refractivity contribution in [1.29, 1.82) is 0 Å². The second-order valence-corrected chi connectivity index (χ2v) is 4.39. The Hall–Kier alpha value is -1.81. The van der Waals surface area contributed by atoms with Gasteiger partial charge in [-0.1, -0.05) is 11.6 Å². The molecule has 0 bridgehead atoms.